The van der Waals surface area contributed by atoms with E-state index in [0.717, 1.165) is 25.7 Å². The van der Waals surface area contributed by atoms with Crippen molar-refractivity contribution >= 4 is 10.0 Å². The molecule has 1 fully saturated rings. The van der Waals surface area contributed by atoms with E-state index in [4.69, 9.17) is 0 Å². The Bertz CT molecular complexity index is 233. The third kappa shape index (κ3) is 3.25. The standard InChI is InChI=1S/C8H17N2O2S/c1-2-3-4-8-13(11,12)10-7-5-6-9-10/h2-8H2,1H3. The summed E-state index contributed by atoms with van der Waals surface area (Å²) in [6, 6.07) is 0. The highest BCUT2D eigenvalue weighted by molar-refractivity contribution is 7.89. The van der Waals surface area contributed by atoms with Crippen molar-refractivity contribution < 1.29 is 8.42 Å². The monoisotopic (exact) mass is 205 g/mol. The van der Waals surface area contributed by atoms with Gasteiger partial charge in [0.1, 0.15) is 0 Å². The molecule has 1 saturated heterocycles. The summed E-state index contributed by atoms with van der Waals surface area (Å²) in [4.78, 5) is 0. The van der Waals surface area contributed by atoms with E-state index in [2.05, 4.69) is 12.3 Å². The molecule has 1 heterocycles. The second-order valence-electron chi connectivity index (χ2n) is 3.29. The van der Waals surface area contributed by atoms with Gasteiger partial charge in [0.2, 0.25) is 10.0 Å². The largest absolute Gasteiger partial charge is 0.228 e. The fourth-order valence-electron chi connectivity index (χ4n) is 1.33. The Morgan fingerprint density at radius 2 is 2.15 bits per heavy atom. The minimum absolute atomic E-state index is 0.254. The summed E-state index contributed by atoms with van der Waals surface area (Å²) < 4.78 is 24.3. The summed E-state index contributed by atoms with van der Waals surface area (Å²) in [7, 11) is -3.07. The Labute approximate surface area is 80.3 Å². The number of unbranched alkanes of at least 4 members (excludes halogenated alkanes) is 2. The molecule has 1 aliphatic heterocycles. The normalized spacial score (nSPS) is 19.5. The zero-order valence-electron chi connectivity index (χ0n) is 8.07. The quantitative estimate of drug-likeness (QED) is 0.621. The van der Waals surface area contributed by atoms with Crippen molar-refractivity contribution in [3.05, 3.63) is 0 Å². The van der Waals surface area contributed by atoms with Crippen LogP contribution in [0.3, 0.4) is 0 Å². The fourth-order valence-corrected chi connectivity index (χ4v) is 2.77. The average Bonchev–Trinajstić information content (AvgIpc) is 2.56. The Balaban J connectivity index is 2.36. The van der Waals surface area contributed by atoms with Crippen molar-refractivity contribution in [1.29, 1.82) is 0 Å². The third-order valence-corrected chi connectivity index (χ3v) is 3.84. The second-order valence-corrected chi connectivity index (χ2v) is 5.28. The van der Waals surface area contributed by atoms with E-state index >= 15 is 0 Å². The van der Waals surface area contributed by atoms with Crippen LogP contribution < -0.4 is 5.43 Å². The van der Waals surface area contributed by atoms with Crippen LogP contribution in [-0.4, -0.2) is 31.7 Å². The molecule has 0 saturated carbocycles. The first-order valence-corrected chi connectivity index (χ1v) is 6.45. The van der Waals surface area contributed by atoms with Gasteiger partial charge >= 0.3 is 0 Å². The molecule has 0 spiro atoms. The smallest absolute Gasteiger partial charge is 0.211 e. The number of rotatable bonds is 5. The van der Waals surface area contributed by atoms with Gasteiger partial charge in [-0.3, -0.25) is 0 Å². The van der Waals surface area contributed by atoms with Crippen molar-refractivity contribution in [3.63, 3.8) is 0 Å². The lowest BCUT2D eigenvalue weighted by Gasteiger charge is -2.13. The van der Waals surface area contributed by atoms with Crippen LogP contribution in [0, 0.1) is 0 Å². The molecule has 0 N–H and O–H groups in total. The molecule has 5 heteroatoms. The van der Waals surface area contributed by atoms with Gasteiger partial charge in [-0.05, 0) is 12.8 Å². The van der Waals surface area contributed by atoms with Crippen molar-refractivity contribution in [2.75, 3.05) is 18.8 Å². The molecule has 13 heavy (non-hydrogen) atoms. The molecule has 0 aromatic carbocycles. The number of sulfonamides is 1. The predicted octanol–water partition coefficient (Wildman–Crippen LogP) is 0.732. The van der Waals surface area contributed by atoms with Gasteiger partial charge in [-0.15, -0.1) is 9.84 Å². The van der Waals surface area contributed by atoms with Gasteiger partial charge < -0.3 is 0 Å². The molecule has 77 valence electrons. The Morgan fingerprint density at radius 1 is 1.38 bits per heavy atom. The average molecular weight is 205 g/mol. The molecule has 0 atom stereocenters. The van der Waals surface area contributed by atoms with E-state index in [0.29, 0.717) is 13.1 Å². The summed E-state index contributed by atoms with van der Waals surface area (Å²) in [5, 5.41) is 0. The van der Waals surface area contributed by atoms with E-state index in [1.165, 1.54) is 4.41 Å². The molecule has 0 aromatic heterocycles. The van der Waals surface area contributed by atoms with Crippen molar-refractivity contribution in [2.45, 2.75) is 32.6 Å². The predicted molar refractivity (Wildman–Crippen MR) is 51.6 cm³/mol. The SMILES string of the molecule is CCCCCS(=O)(=O)N1CCC[N]1. The molecular formula is C8H17N2O2S. The van der Waals surface area contributed by atoms with Crippen LogP contribution in [0.4, 0.5) is 0 Å². The topological polar surface area (TPSA) is 51.5 Å². The van der Waals surface area contributed by atoms with Gasteiger partial charge in [0.05, 0.1) is 5.75 Å². The summed E-state index contributed by atoms with van der Waals surface area (Å²) in [5.74, 6) is 0.254. The summed E-state index contributed by atoms with van der Waals surface area (Å²) in [5.41, 5.74) is 3.93. The van der Waals surface area contributed by atoms with E-state index in [9.17, 15) is 8.42 Å². The van der Waals surface area contributed by atoms with Crippen LogP contribution in [0.15, 0.2) is 0 Å². The van der Waals surface area contributed by atoms with Crippen molar-refractivity contribution in [1.82, 2.24) is 9.84 Å². The first-order valence-electron chi connectivity index (χ1n) is 4.84. The minimum atomic E-state index is -3.07. The Hall–Kier alpha value is -0.130. The van der Waals surface area contributed by atoms with Crippen LogP contribution in [0.25, 0.3) is 0 Å². The Kier molecular flexibility index (Phi) is 4.15. The summed E-state index contributed by atoms with van der Waals surface area (Å²) >= 11 is 0. The first-order chi connectivity index (χ1) is 6.17. The van der Waals surface area contributed by atoms with Crippen LogP contribution in [0.5, 0.6) is 0 Å². The van der Waals surface area contributed by atoms with Crippen molar-refractivity contribution in [3.8, 4) is 0 Å². The number of nitrogens with zero attached hydrogens (tertiary/aromatic N) is 2. The van der Waals surface area contributed by atoms with Gasteiger partial charge in [-0.2, -0.15) is 0 Å². The molecule has 1 aliphatic rings. The van der Waals surface area contributed by atoms with Crippen LogP contribution in [0.2, 0.25) is 0 Å². The molecule has 0 amide bonds. The van der Waals surface area contributed by atoms with Gasteiger partial charge in [-0.25, -0.2) is 8.42 Å². The lowest BCUT2D eigenvalue weighted by molar-refractivity contribution is 0.389. The third-order valence-electron chi connectivity index (χ3n) is 2.09. The molecule has 1 radical (unpaired) electrons. The first kappa shape index (κ1) is 10.9. The second kappa shape index (κ2) is 4.93. The van der Waals surface area contributed by atoms with E-state index < -0.39 is 10.0 Å². The highest BCUT2D eigenvalue weighted by Crippen LogP contribution is 2.09. The Morgan fingerprint density at radius 3 is 2.69 bits per heavy atom. The summed E-state index contributed by atoms with van der Waals surface area (Å²) in [6.07, 6.45) is 3.65. The maximum atomic E-state index is 11.5. The number of hydrogen-bond donors (Lipinski definition) is 0. The molecule has 0 bridgehead atoms. The van der Waals surface area contributed by atoms with Crippen molar-refractivity contribution in [2.24, 2.45) is 0 Å². The molecule has 0 aromatic rings. The van der Waals surface area contributed by atoms with Crippen LogP contribution in [0.1, 0.15) is 32.6 Å². The van der Waals surface area contributed by atoms with Gasteiger partial charge in [-0.1, -0.05) is 19.8 Å². The van der Waals surface area contributed by atoms with E-state index in [-0.39, 0.29) is 5.75 Å². The van der Waals surface area contributed by atoms with Crippen LogP contribution >= 0.6 is 0 Å². The fraction of sp³-hybridized carbons (Fsp3) is 1.00. The molecule has 1 rings (SSSR count). The molecule has 4 nitrogen and oxygen atoms in total. The maximum absolute atomic E-state index is 11.5. The lowest BCUT2D eigenvalue weighted by Crippen LogP contribution is -2.34. The highest BCUT2D eigenvalue weighted by Gasteiger charge is 2.25. The van der Waals surface area contributed by atoms with E-state index in [1.54, 1.807) is 0 Å². The maximum Gasteiger partial charge on any atom is 0.228 e. The molecule has 0 aliphatic carbocycles. The highest BCUT2D eigenvalue weighted by atomic mass is 32.2. The van der Waals surface area contributed by atoms with Gasteiger partial charge in [0.25, 0.3) is 0 Å². The van der Waals surface area contributed by atoms with Crippen LogP contribution in [-0.2, 0) is 10.0 Å². The molecular weight excluding hydrogens is 188 g/mol. The van der Waals surface area contributed by atoms with E-state index in [1.807, 2.05) is 0 Å². The zero-order valence-corrected chi connectivity index (χ0v) is 8.89. The van der Waals surface area contributed by atoms with Gasteiger partial charge in [0.15, 0.2) is 0 Å². The zero-order chi connectivity index (χ0) is 9.73. The molecule has 0 unspecified atom stereocenters. The minimum Gasteiger partial charge on any atom is -0.211 e. The summed E-state index contributed by atoms with van der Waals surface area (Å²) in [6.45, 7) is 3.30. The number of hydrogen-bond acceptors (Lipinski definition) is 2. The lowest BCUT2D eigenvalue weighted by atomic mass is 10.3. The van der Waals surface area contributed by atoms with Gasteiger partial charge in [0, 0.05) is 13.1 Å².